The monoisotopic (exact) mass is 385 g/mol. The summed E-state index contributed by atoms with van der Waals surface area (Å²) in [5.74, 6) is 0. The number of hydrogen-bond donors (Lipinski definition) is 3. The van der Waals surface area contributed by atoms with E-state index in [0.29, 0.717) is 6.42 Å². The van der Waals surface area contributed by atoms with Crippen molar-refractivity contribution in [3.8, 4) is 0 Å². The molecule has 0 heterocycles. The van der Waals surface area contributed by atoms with E-state index in [4.69, 9.17) is 5.11 Å². The Kier molecular flexibility index (Phi) is 7.42. The van der Waals surface area contributed by atoms with E-state index in [-0.39, 0.29) is 24.1 Å². The molecule has 1 amide bonds. The lowest BCUT2D eigenvalue weighted by atomic mass is 10.0. The Morgan fingerprint density at radius 2 is 1.92 bits per heavy atom. The zero-order chi connectivity index (χ0) is 20.0. The number of carbonyl (C=O) groups is 1. The molecule has 1 aromatic rings. The summed E-state index contributed by atoms with van der Waals surface area (Å²) in [5, 5.41) is 14.6. The molecule has 0 saturated carbocycles. The Hall–Kier alpha value is -2.30. The van der Waals surface area contributed by atoms with Gasteiger partial charge in [-0.15, -0.1) is 0 Å². The van der Waals surface area contributed by atoms with Gasteiger partial charge in [0.1, 0.15) is 0 Å². The van der Waals surface area contributed by atoms with E-state index < -0.39 is 36.3 Å². The van der Waals surface area contributed by atoms with Gasteiger partial charge in [-0.3, -0.25) is 4.79 Å². The summed E-state index contributed by atoms with van der Waals surface area (Å²) < 4.78 is 76.6. The summed E-state index contributed by atoms with van der Waals surface area (Å²) in [4.78, 5) is 10.3. The van der Waals surface area contributed by atoms with Gasteiger partial charge in [-0.1, -0.05) is 19.4 Å². The normalized spacial score (nSPS) is 14.1. The van der Waals surface area contributed by atoms with Crippen LogP contribution in [-0.2, 0) is 11.0 Å². The molecule has 146 valence electrons. The van der Waals surface area contributed by atoms with Crippen molar-refractivity contribution in [2.45, 2.75) is 38.2 Å². The summed E-state index contributed by atoms with van der Waals surface area (Å²) in [6.45, 7) is 0.629. The Balaban J connectivity index is 3.20. The van der Waals surface area contributed by atoms with E-state index in [0.717, 1.165) is 12.1 Å². The van der Waals surface area contributed by atoms with Crippen molar-refractivity contribution in [2.75, 3.05) is 11.9 Å². The number of halogens is 6. The second-order valence-electron chi connectivity index (χ2n) is 5.25. The number of carbonyl (C=O) groups excluding carboxylic acids is 1. The van der Waals surface area contributed by atoms with E-state index in [2.05, 4.69) is 5.10 Å². The van der Waals surface area contributed by atoms with E-state index >= 15 is 0 Å². The fraction of sp³-hybridized carbons (Fsp3) is 0.467. The SMILES string of the molecule is CCC/C(=N\NC=O)c1ccc(NCC(O)C(F)(F)F)c(C(F)(F)F)c1. The third-order valence-electron chi connectivity index (χ3n) is 3.26. The van der Waals surface area contributed by atoms with Gasteiger partial charge in [0.2, 0.25) is 6.41 Å². The lowest BCUT2D eigenvalue weighted by Crippen LogP contribution is -2.35. The van der Waals surface area contributed by atoms with Gasteiger partial charge < -0.3 is 10.4 Å². The van der Waals surface area contributed by atoms with Gasteiger partial charge in [0.05, 0.1) is 11.3 Å². The van der Waals surface area contributed by atoms with Crippen LogP contribution in [-0.4, -0.2) is 36.1 Å². The number of alkyl halides is 6. The third kappa shape index (κ3) is 6.21. The maximum absolute atomic E-state index is 13.3. The highest BCUT2D eigenvalue weighted by atomic mass is 19.4. The largest absolute Gasteiger partial charge is 0.418 e. The van der Waals surface area contributed by atoms with Gasteiger partial charge in [0.25, 0.3) is 0 Å². The minimum absolute atomic E-state index is 0.0652. The number of hydrazone groups is 1. The first-order chi connectivity index (χ1) is 12.0. The second-order valence-corrected chi connectivity index (χ2v) is 5.25. The highest BCUT2D eigenvalue weighted by Crippen LogP contribution is 2.36. The molecular weight excluding hydrogens is 368 g/mol. The first kappa shape index (κ1) is 21.7. The topological polar surface area (TPSA) is 73.7 Å². The summed E-state index contributed by atoms with van der Waals surface area (Å²) in [6.07, 6.45) is -11.5. The molecule has 1 rings (SSSR count). The van der Waals surface area contributed by atoms with Gasteiger partial charge in [0, 0.05) is 12.2 Å². The van der Waals surface area contributed by atoms with Crippen LogP contribution in [0.2, 0.25) is 0 Å². The Labute approximate surface area is 145 Å². The molecule has 5 nitrogen and oxygen atoms in total. The minimum atomic E-state index is -4.95. The van der Waals surface area contributed by atoms with Crippen LogP contribution in [0.5, 0.6) is 0 Å². The highest BCUT2D eigenvalue weighted by Gasteiger charge is 2.39. The van der Waals surface area contributed by atoms with E-state index in [9.17, 15) is 31.1 Å². The number of amides is 1. The molecule has 0 radical (unpaired) electrons. The summed E-state index contributed by atoms with van der Waals surface area (Å²) in [5.41, 5.74) is 0.449. The van der Waals surface area contributed by atoms with E-state index in [1.165, 1.54) is 6.07 Å². The maximum Gasteiger partial charge on any atom is 0.418 e. The predicted molar refractivity (Wildman–Crippen MR) is 82.6 cm³/mol. The van der Waals surface area contributed by atoms with Crippen molar-refractivity contribution < 1.29 is 36.2 Å². The highest BCUT2D eigenvalue weighted by molar-refractivity contribution is 6.01. The molecule has 3 N–H and O–H groups in total. The number of aliphatic hydroxyl groups is 1. The standard InChI is InChI=1S/C15H17F6N3O2/c1-2-3-11(24-23-8-25)9-4-5-12(10(6-9)14(16,17)18)22-7-13(26)15(19,20)21/h4-6,8,13,22,26H,2-3,7H2,1H3,(H,23,25)/b24-11+. The zero-order valence-corrected chi connectivity index (χ0v) is 13.6. The van der Waals surface area contributed by atoms with Crippen LogP contribution in [0.1, 0.15) is 30.9 Å². The number of anilines is 1. The maximum atomic E-state index is 13.3. The van der Waals surface area contributed by atoms with Gasteiger partial charge in [-0.05, 0) is 24.1 Å². The molecule has 0 aromatic heterocycles. The molecule has 0 aliphatic rings. The summed E-state index contributed by atoms with van der Waals surface area (Å²) in [6, 6.07) is 2.91. The van der Waals surface area contributed by atoms with Crippen molar-refractivity contribution >= 4 is 17.8 Å². The molecule has 0 spiro atoms. The predicted octanol–water partition coefficient (Wildman–Crippen LogP) is 3.29. The van der Waals surface area contributed by atoms with Gasteiger partial charge in [0.15, 0.2) is 6.10 Å². The molecule has 26 heavy (non-hydrogen) atoms. The summed E-state index contributed by atoms with van der Waals surface area (Å²) in [7, 11) is 0. The molecular formula is C15H17F6N3O2. The van der Waals surface area contributed by atoms with Crippen LogP contribution in [0.25, 0.3) is 0 Å². The number of nitrogens with one attached hydrogen (secondary N) is 2. The lowest BCUT2D eigenvalue weighted by Gasteiger charge is -2.19. The van der Waals surface area contributed by atoms with E-state index in [1.807, 2.05) is 10.7 Å². The quantitative estimate of drug-likeness (QED) is 0.278. The zero-order valence-electron chi connectivity index (χ0n) is 13.6. The summed E-state index contributed by atoms with van der Waals surface area (Å²) >= 11 is 0. The molecule has 1 atom stereocenters. The molecule has 0 saturated heterocycles. The number of hydrogen-bond acceptors (Lipinski definition) is 4. The van der Waals surface area contributed by atoms with Crippen molar-refractivity contribution in [3.63, 3.8) is 0 Å². The molecule has 1 unspecified atom stereocenters. The fourth-order valence-corrected chi connectivity index (χ4v) is 2.04. The average Bonchev–Trinajstić information content (AvgIpc) is 2.54. The molecule has 0 fully saturated rings. The first-order valence-corrected chi connectivity index (χ1v) is 7.46. The first-order valence-electron chi connectivity index (χ1n) is 7.46. The van der Waals surface area contributed by atoms with Crippen LogP contribution in [0, 0.1) is 0 Å². The average molecular weight is 385 g/mol. The fourth-order valence-electron chi connectivity index (χ4n) is 2.04. The number of rotatable bonds is 8. The molecule has 0 aliphatic carbocycles. The van der Waals surface area contributed by atoms with Crippen molar-refractivity contribution in [2.24, 2.45) is 5.10 Å². The molecule has 0 bridgehead atoms. The Bertz CT molecular complexity index is 643. The lowest BCUT2D eigenvalue weighted by molar-refractivity contribution is -0.198. The Morgan fingerprint density at radius 3 is 2.42 bits per heavy atom. The van der Waals surface area contributed by atoms with Gasteiger partial charge in [-0.2, -0.15) is 31.4 Å². The van der Waals surface area contributed by atoms with Crippen molar-refractivity contribution in [1.82, 2.24) is 5.43 Å². The second kappa shape index (κ2) is 8.88. The van der Waals surface area contributed by atoms with Crippen molar-refractivity contribution in [1.29, 1.82) is 0 Å². The van der Waals surface area contributed by atoms with Crippen LogP contribution in [0.4, 0.5) is 32.0 Å². The smallest absolute Gasteiger partial charge is 0.382 e. The van der Waals surface area contributed by atoms with Crippen LogP contribution in [0.3, 0.4) is 0 Å². The van der Waals surface area contributed by atoms with Gasteiger partial charge >= 0.3 is 12.4 Å². The molecule has 11 heteroatoms. The number of nitrogens with zero attached hydrogens (tertiary/aromatic N) is 1. The van der Waals surface area contributed by atoms with E-state index in [1.54, 1.807) is 6.92 Å². The Morgan fingerprint density at radius 1 is 1.27 bits per heavy atom. The third-order valence-corrected chi connectivity index (χ3v) is 3.26. The van der Waals surface area contributed by atoms with Gasteiger partial charge in [-0.25, -0.2) is 5.43 Å². The molecule has 0 aliphatic heterocycles. The number of aliphatic hydroxyl groups excluding tert-OH is 1. The minimum Gasteiger partial charge on any atom is -0.382 e. The van der Waals surface area contributed by atoms with Crippen LogP contribution < -0.4 is 10.7 Å². The van der Waals surface area contributed by atoms with Crippen molar-refractivity contribution in [3.05, 3.63) is 29.3 Å². The number of benzene rings is 1. The van der Waals surface area contributed by atoms with Crippen LogP contribution in [0.15, 0.2) is 23.3 Å². The van der Waals surface area contributed by atoms with Crippen LogP contribution >= 0.6 is 0 Å². The molecule has 1 aromatic carbocycles.